The minimum Gasteiger partial charge on any atom is -0.370 e. The molecule has 0 unspecified atom stereocenters. The van der Waals surface area contributed by atoms with Crippen molar-refractivity contribution in [1.29, 1.82) is 0 Å². The van der Waals surface area contributed by atoms with Gasteiger partial charge in [0, 0.05) is 38.1 Å². The highest BCUT2D eigenvalue weighted by Gasteiger charge is 2.42. The summed E-state index contributed by atoms with van der Waals surface area (Å²) in [5.74, 6) is -0.186. The summed E-state index contributed by atoms with van der Waals surface area (Å²) in [6.45, 7) is 7.14. The van der Waals surface area contributed by atoms with E-state index >= 15 is 0 Å². The molecule has 1 amide bonds. The third-order valence-corrected chi connectivity index (χ3v) is 5.40. The van der Waals surface area contributed by atoms with Gasteiger partial charge in [-0.3, -0.25) is 9.36 Å². The molecule has 3 heterocycles. The highest BCUT2D eigenvalue weighted by Crippen LogP contribution is 2.39. The maximum Gasteiger partial charge on any atom is 0.347 e. The number of hydrogen-bond acceptors (Lipinski definition) is 5. The molecule has 0 aromatic carbocycles. The van der Waals surface area contributed by atoms with Gasteiger partial charge >= 0.3 is 5.69 Å². The van der Waals surface area contributed by atoms with Crippen LogP contribution in [0, 0.1) is 0 Å². The van der Waals surface area contributed by atoms with Gasteiger partial charge in [-0.2, -0.15) is 0 Å². The maximum absolute atomic E-state index is 12.0. The number of rotatable bonds is 5. The molecule has 2 saturated heterocycles. The summed E-state index contributed by atoms with van der Waals surface area (Å²) in [5, 5.41) is 2.89. The van der Waals surface area contributed by atoms with Crippen LogP contribution in [0.15, 0.2) is 23.3 Å². The average molecular weight is 348 g/mol. The molecule has 2 aliphatic heterocycles. The topological polar surface area (TPSA) is 76.5 Å². The number of aromatic nitrogens is 2. The van der Waals surface area contributed by atoms with Gasteiger partial charge in [0.25, 0.3) is 0 Å². The van der Waals surface area contributed by atoms with Gasteiger partial charge in [0.1, 0.15) is 6.54 Å². The first-order chi connectivity index (χ1) is 12.0. The molecule has 0 radical (unpaired) electrons. The van der Waals surface area contributed by atoms with E-state index in [4.69, 9.17) is 4.74 Å². The minimum atomic E-state index is -0.411. The van der Waals surface area contributed by atoms with Crippen LogP contribution >= 0.6 is 0 Å². The van der Waals surface area contributed by atoms with Crippen molar-refractivity contribution in [3.05, 3.63) is 28.9 Å². The normalized spacial score (nSPS) is 23.2. The molecule has 1 N–H and O–H groups in total. The Hall–Kier alpha value is -1.73. The molecule has 7 heteroatoms. The molecule has 1 atom stereocenters. The second-order valence-corrected chi connectivity index (χ2v) is 7.43. The summed E-state index contributed by atoms with van der Waals surface area (Å²) in [5.41, 5.74) is -0.410. The van der Waals surface area contributed by atoms with Gasteiger partial charge in [-0.15, -0.1) is 0 Å². The van der Waals surface area contributed by atoms with Crippen LogP contribution in [0.3, 0.4) is 0 Å². The lowest BCUT2D eigenvalue weighted by atomic mass is 9.88. The molecular weight excluding hydrogens is 320 g/mol. The van der Waals surface area contributed by atoms with E-state index in [1.807, 2.05) is 0 Å². The molecule has 1 aromatic rings. The van der Waals surface area contributed by atoms with Gasteiger partial charge in [-0.1, -0.05) is 0 Å². The van der Waals surface area contributed by atoms with Crippen LogP contribution in [0.4, 0.5) is 0 Å². The van der Waals surface area contributed by atoms with Crippen molar-refractivity contribution in [2.75, 3.05) is 19.6 Å². The Labute approximate surface area is 148 Å². The molecule has 0 bridgehead atoms. The van der Waals surface area contributed by atoms with Crippen LogP contribution in [0.25, 0.3) is 0 Å². The first kappa shape index (κ1) is 18.1. The van der Waals surface area contributed by atoms with E-state index < -0.39 is 5.69 Å². The van der Waals surface area contributed by atoms with E-state index in [9.17, 15) is 9.59 Å². The lowest BCUT2D eigenvalue weighted by molar-refractivity contribution is -0.123. The molecule has 2 aliphatic rings. The number of nitrogens with zero attached hydrogens (tertiary/aromatic N) is 3. The molecule has 25 heavy (non-hydrogen) atoms. The van der Waals surface area contributed by atoms with Gasteiger partial charge < -0.3 is 15.0 Å². The fourth-order valence-corrected chi connectivity index (χ4v) is 3.80. The standard InChI is InChI=1S/C18H28N4O3/c1-14(2)21-10-6-18(7-11-21)5-4-15(25-18)12-20-16(23)13-22-9-3-8-19-17(22)24/h3,8-9,14-15H,4-7,10-13H2,1-2H3,(H,20,23)/t15-/m0/s1. The Bertz CT molecular complexity index is 650. The predicted molar refractivity (Wildman–Crippen MR) is 94.3 cm³/mol. The number of nitrogens with one attached hydrogen (secondary N) is 1. The number of carbonyl (C=O) groups is 1. The summed E-state index contributed by atoms with van der Waals surface area (Å²) in [7, 11) is 0. The van der Waals surface area contributed by atoms with Crippen molar-refractivity contribution in [1.82, 2.24) is 19.8 Å². The van der Waals surface area contributed by atoms with Crippen molar-refractivity contribution >= 4 is 5.91 Å². The molecular formula is C18H28N4O3. The van der Waals surface area contributed by atoms with E-state index in [1.165, 1.54) is 10.8 Å². The van der Waals surface area contributed by atoms with E-state index in [0.29, 0.717) is 12.6 Å². The van der Waals surface area contributed by atoms with Gasteiger partial charge in [-0.05, 0) is 45.6 Å². The summed E-state index contributed by atoms with van der Waals surface area (Å²) in [4.78, 5) is 29.7. The van der Waals surface area contributed by atoms with Crippen molar-refractivity contribution < 1.29 is 9.53 Å². The molecule has 2 fully saturated rings. The lowest BCUT2D eigenvalue weighted by Gasteiger charge is -2.40. The maximum atomic E-state index is 12.0. The monoisotopic (exact) mass is 348 g/mol. The number of piperidine rings is 1. The van der Waals surface area contributed by atoms with Crippen molar-refractivity contribution in [3.8, 4) is 0 Å². The van der Waals surface area contributed by atoms with E-state index in [-0.39, 0.29) is 24.2 Å². The number of carbonyl (C=O) groups excluding carboxylic acids is 1. The molecule has 0 saturated carbocycles. The van der Waals surface area contributed by atoms with Crippen LogP contribution in [0.2, 0.25) is 0 Å². The Morgan fingerprint density at radius 2 is 2.16 bits per heavy atom. The summed E-state index contributed by atoms with van der Waals surface area (Å²) < 4.78 is 7.62. The van der Waals surface area contributed by atoms with E-state index in [0.717, 1.165) is 38.8 Å². The van der Waals surface area contributed by atoms with Crippen molar-refractivity contribution in [3.63, 3.8) is 0 Å². The first-order valence-corrected chi connectivity index (χ1v) is 9.17. The van der Waals surface area contributed by atoms with Crippen LogP contribution in [-0.2, 0) is 16.1 Å². The largest absolute Gasteiger partial charge is 0.370 e. The SMILES string of the molecule is CC(C)N1CCC2(CC[C@@H](CNC(=O)Cn3cccnc3=O)O2)CC1. The van der Waals surface area contributed by atoms with E-state index in [1.54, 1.807) is 12.3 Å². The van der Waals surface area contributed by atoms with Crippen molar-refractivity contribution in [2.24, 2.45) is 0 Å². The number of amides is 1. The number of likely N-dealkylation sites (tertiary alicyclic amines) is 1. The second-order valence-electron chi connectivity index (χ2n) is 7.43. The van der Waals surface area contributed by atoms with Crippen LogP contribution in [-0.4, -0.2) is 57.7 Å². The van der Waals surface area contributed by atoms with Crippen LogP contribution in [0.1, 0.15) is 39.5 Å². The van der Waals surface area contributed by atoms with Gasteiger partial charge in [-0.25, -0.2) is 9.78 Å². The third kappa shape index (κ3) is 4.46. The van der Waals surface area contributed by atoms with E-state index in [2.05, 4.69) is 29.0 Å². The van der Waals surface area contributed by atoms with Crippen molar-refractivity contribution in [2.45, 2.75) is 63.8 Å². The Morgan fingerprint density at radius 3 is 2.84 bits per heavy atom. The molecule has 138 valence electrons. The zero-order chi connectivity index (χ0) is 17.9. The summed E-state index contributed by atoms with van der Waals surface area (Å²) in [6.07, 6.45) is 7.25. The zero-order valence-corrected chi connectivity index (χ0v) is 15.1. The summed E-state index contributed by atoms with van der Waals surface area (Å²) in [6, 6.07) is 2.23. The molecule has 7 nitrogen and oxygen atoms in total. The van der Waals surface area contributed by atoms with Gasteiger partial charge in [0.2, 0.25) is 5.91 Å². The smallest absolute Gasteiger partial charge is 0.347 e. The number of hydrogen-bond donors (Lipinski definition) is 1. The fourth-order valence-electron chi connectivity index (χ4n) is 3.80. The molecule has 0 aliphatic carbocycles. The third-order valence-electron chi connectivity index (χ3n) is 5.40. The Morgan fingerprint density at radius 1 is 1.40 bits per heavy atom. The average Bonchev–Trinajstić information content (AvgIpc) is 2.98. The highest BCUT2D eigenvalue weighted by atomic mass is 16.5. The Balaban J connectivity index is 1.44. The van der Waals surface area contributed by atoms with Gasteiger partial charge in [0.05, 0.1) is 11.7 Å². The quantitative estimate of drug-likeness (QED) is 0.851. The summed E-state index contributed by atoms with van der Waals surface area (Å²) >= 11 is 0. The molecule has 3 rings (SSSR count). The zero-order valence-electron chi connectivity index (χ0n) is 15.1. The number of ether oxygens (including phenoxy) is 1. The van der Waals surface area contributed by atoms with Crippen LogP contribution < -0.4 is 11.0 Å². The fraction of sp³-hybridized carbons (Fsp3) is 0.722. The van der Waals surface area contributed by atoms with Crippen LogP contribution in [0.5, 0.6) is 0 Å². The molecule has 1 aromatic heterocycles. The van der Waals surface area contributed by atoms with Gasteiger partial charge in [0.15, 0.2) is 0 Å². The highest BCUT2D eigenvalue weighted by molar-refractivity contribution is 5.75. The minimum absolute atomic E-state index is 0.00106. The Kier molecular flexibility index (Phi) is 5.54. The first-order valence-electron chi connectivity index (χ1n) is 9.17. The molecule has 1 spiro atoms. The predicted octanol–water partition coefficient (Wildman–Crippen LogP) is 0.782. The second kappa shape index (κ2) is 7.66. The lowest BCUT2D eigenvalue weighted by Crippen LogP contribution is -2.47.